The van der Waals surface area contributed by atoms with Gasteiger partial charge in [0, 0.05) is 0 Å². The van der Waals surface area contributed by atoms with Gasteiger partial charge in [0.05, 0.1) is 0 Å². The molecule has 0 amide bonds. The van der Waals surface area contributed by atoms with E-state index in [-0.39, 0.29) is 35.7 Å². The molecule has 74 valence electrons. The Morgan fingerprint density at radius 3 is 1.00 bits per heavy atom. The van der Waals surface area contributed by atoms with Gasteiger partial charge in [-0.25, -0.2) is 14.4 Å². The maximum atomic E-state index is 9.21. The Bertz CT molecular complexity index is 153. The molecule has 9 nitrogen and oxygen atoms in total. The van der Waals surface area contributed by atoms with Crippen LogP contribution in [0, 0.1) is 0 Å². The third-order valence-electron chi connectivity index (χ3n) is 0.175. The van der Waals surface area contributed by atoms with Crippen LogP contribution in [-0.2, 0) is 4.74 Å². The number of hydrogen-bond donors (Lipinski definition) is 5. The average Bonchev–Trinajstić information content (AvgIpc) is 1.56. The van der Waals surface area contributed by atoms with Gasteiger partial charge in [-0.1, -0.05) is 0 Å². The van der Waals surface area contributed by atoms with Gasteiger partial charge >= 0.3 is 48.0 Å². The zero-order chi connectivity index (χ0) is 9.44. The van der Waals surface area contributed by atoms with Crippen LogP contribution in [0.25, 0.3) is 0 Å². The fourth-order valence-electron chi connectivity index (χ4n) is 0.0747. The number of carbonyl (C=O) groups is 3. The predicted molar refractivity (Wildman–Crippen MR) is 40.0 cm³/mol. The Kier molecular flexibility index (Phi) is 23.6. The van der Waals surface area contributed by atoms with Crippen molar-refractivity contribution in [2.24, 2.45) is 0 Å². The van der Waals surface area contributed by atoms with Crippen molar-refractivity contribution in [2.75, 3.05) is 0 Å². The van der Waals surface area contributed by atoms with Gasteiger partial charge in [-0.15, -0.1) is 0 Å². The van der Waals surface area contributed by atoms with Gasteiger partial charge in [0.25, 0.3) is 0 Å². The molecule has 0 bridgehead atoms. The van der Waals surface area contributed by atoms with Crippen LogP contribution in [0.4, 0.5) is 14.4 Å². The SMILES string of the molecule is N.O=C(O)O.O=C(O)OC(=O)O.[NaH]. The van der Waals surface area contributed by atoms with Crippen LogP contribution in [0.3, 0.4) is 0 Å². The topological polar surface area (TPSA) is 176 Å². The number of carboxylic acid groups (broad SMARTS) is 4. The van der Waals surface area contributed by atoms with Crippen LogP contribution in [0.15, 0.2) is 0 Å². The molecule has 0 aliphatic heterocycles. The van der Waals surface area contributed by atoms with Crippen LogP contribution >= 0.6 is 0 Å². The quantitative estimate of drug-likeness (QED) is 0.210. The van der Waals surface area contributed by atoms with Crippen LogP contribution in [0.5, 0.6) is 0 Å². The Morgan fingerprint density at radius 1 is 0.846 bits per heavy atom. The number of ether oxygens (including phenoxy) is 1. The second-order valence-corrected chi connectivity index (χ2v) is 0.916. The molecule has 0 saturated heterocycles. The van der Waals surface area contributed by atoms with E-state index in [1.807, 2.05) is 0 Å². The summed E-state index contributed by atoms with van der Waals surface area (Å²) in [6.45, 7) is 0. The fourth-order valence-corrected chi connectivity index (χ4v) is 0.0747. The van der Waals surface area contributed by atoms with Crippen LogP contribution in [0.2, 0.25) is 0 Å². The summed E-state index contributed by atoms with van der Waals surface area (Å²) in [5, 5.41) is 28.9. The Labute approximate surface area is 93.8 Å². The summed E-state index contributed by atoms with van der Waals surface area (Å²) in [7, 11) is 0. The van der Waals surface area contributed by atoms with E-state index in [1.165, 1.54) is 0 Å². The first kappa shape index (κ1) is 22.7. The molecule has 7 N–H and O–H groups in total. The second-order valence-electron chi connectivity index (χ2n) is 0.916. The third kappa shape index (κ3) is 100. The van der Waals surface area contributed by atoms with Crippen LogP contribution in [0.1, 0.15) is 0 Å². The van der Waals surface area contributed by atoms with Crippen molar-refractivity contribution in [3.63, 3.8) is 0 Å². The van der Waals surface area contributed by atoms with E-state index in [9.17, 15) is 9.59 Å². The van der Waals surface area contributed by atoms with E-state index >= 15 is 0 Å². The standard InChI is InChI=1S/C2H2O5.CH2O3.H3N.Na.H/c3-1(4)7-2(5)6;2-1(3)4;;;/h(H,3,4)(H,5,6);(H2,2,3,4);1H3;;. The second kappa shape index (κ2) is 13.6. The van der Waals surface area contributed by atoms with Crippen LogP contribution in [-0.4, -0.2) is 68.4 Å². The average molecular weight is 209 g/mol. The zero-order valence-corrected chi connectivity index (χ0v) is 5.63. The molecule has 10 heteroatoms. The van der Waals surface area contributed by atoms with E-state index in [1.54, 1.807) is 0 Å². The van der Waals surface area contributed by atoms with Gasteiger partial charge in [-0.2, -0.15) is 0 Å². The van der Waals surface area contributed by atoms with Gasteiger partial charge in [0.15, 0.2) is 0 Å². The van der Waals surface area contributed by atoms with Crippen molar-refractivity contribution < 1.29 is 39.5 Å². The number of rotatable bonds is 0. The molecule has 0 aromatic rings. The Hall–Kier alpha value is -1.03. The third-order valence-corrected chi connectivity index (χ3v) is 0.175. The normalized spacial score (nSPS) is 5.85. The first-order valence-electron chi connectivity index (χ1n) is 1.92. The van der Waals surface area contributed by atoms with Crippen molar-refractivity contribution in [3.05, 3.63) is 0 Å². The molecular formula is C3H8NNaO8. The van der Waals surface area contributed by atoms with E-state index in [2.05, 4.69) is 4.74 Å². The molecule has 0 fully saturated rings. The van der Waals surface area contributed by atoms with Gasteiger partial charge in [-0.3, -0.25) is 0 Å². The molecule has 0 spiro atoms. The predicted octanol–water partition coefficient (Wildman–Crippen LogP) is 0.0949. The van der Waals surface area contributed by atoms with Crippen LogP contribution < -0.4 is 6.15 Å². The molecular weight excluding hydrogens is 201 g/mol. The summed E-state index contributed by atoms with van der Waals surface area (Å²) in [6, 6.07) is 0. The minimum absolute atomic E-state index is 0. The molecule has 0 radical (unpaired) electrons. The van der Waals surface area contributed by atoms with Gasteiger partial charge in [0.2, 0.25) is 0 Å². The van der Waals surface area contributed by atoms with E-state index in [0.717, 1.165) is 0 Å². The molecule has 0 atom stereocenters. The van der Waals surface area contributed by atoms with Gasteiger partial charge in [0.1, 0.15) is 0 Å². The molecule has 0 aromatic heterocycles. The molecule has 0 aromatic carbocycles. The molecule has 0 aliphatic carbocycles. The monoisotopic (exact) mass is 209 g/mol. The van der Waals surface area contributed by atoms with E-state index in [0.29, 0.717) is 0 Å². The first-order valence-corrected chi connectivity index (χ1v) is 1.92. The molecule has 0 unspecified atom stereocenters. The Morgan fingerprint density at radius 2 is 1.00 bits per heavy atom. The van der Waals surface area contributed by atoms with E-state index in [4.69, 9.17) is 25.2 Å². The number of hydrogen-bond acceptors (Lipinski definition) is 5. The minimum atomic E-state index is -1.83. The molecule has 0 rings (SSSR count). The molecule has 0 aliphatic rings. The van der Waals surface area contributed by atoms with Crippen molar-refractivity contribution in [1.82, 2.24) is 6.15 Å². The summed E-state index contributed by atoms with van der Waals surface area (Å²) in [6.07, 6.45) is -5.46. The van der Waals surface area contributed by atoms with Crippen molar-refractivity contribution in [1.29, 1.82) is 0 Å². The summed E-state index contributed by atoms with van der Waals surface area (Å²) in [5.41, 5.74) is 0. The van der Waals surface area contributed by atoms with E-state index < -0.39 is 18.5 Å². The van der Waals surface area contributed by atoms with Crippen molar-refractivity contribution in [3.8, 4) is 0 Å². The molecule has 0 heterocycles. The zero-order valence-electron chi connectivity index (χ0n) is 5.63. The van der Waals surface area contributed by atoms with Gasteiger partial charge < -0.3 is 31.3 Å². The first-order chi connectivity index (χ1) is 4.86. The Balaban J connectivity index is -0.0000000600. The van der Waals surface area contributed by atoms with Gasteiger partial charge in [-0.05, 0) is 0 Å². The van der Waals surface area contributed by atoms with Crippen molar-refractivity contribution >= 4 is 48.0 Å². The summed E-state index contributed by atoms with van der Waals surface area (Å²) in [5.74, 6) is 0. The maximum absolute atomic E-state index is 9.21. The summed E-state index contributed by atoms with van der Waals surface area (Å²) < 4.78 is 3.08. The summed E-state index contributed by atoms with van der Waals surface area (Å²) in [4.78, 5) is 27.0. The summed E-state index contributed by atoms with van der Waals surface area (Å²) >= 11 is 0. The van der Waals surface area contributed by atoms with Crippen molar-refractivity contribution in [2.45, 2.75) is 0 Å². The molecule has 0 saturated carbocycles. The fraction of sp³-hybridized carbons (Fsp3) is 0. The molecule has 13 heavy (non-hydrogen) atoms.